The topological polar surface area (TPSA) is 92.1 Å². The van der Waals surface area contributed by atoms with Gasteiger partial charge in [-0.3, -0.25) is 0 Å². The van der Waals surface area contributed by atoms with Crippen molar-refractivity contribution in [2.45, 2.75) is 63.3 Å². The molecule has 0 N–H and O–H groups in total. The van der Waals surface area contributed by atoms with E-state index in [0.717, 1.165) is 86.0 Å². The summed E-state index contributed by atoms with van der Waals surface area (Å²) in [7, 11) is 4.20. The molecule has 10 nitrogen and oxygen atoms in total. The normalized spacial score (nSPS) is 21.2. The molecule has 0 bridgehead atoms. The molecule has 1 aliphatic carbocycles. The van der Waals surface area contributed by atoms with Crippen LogP contribution in [0.4, 0.5) is 26.6 Å². The summed E-state index contributed by atoms with van der Waals surface area (Å²) in [4.78, 5) is 34.4. The summed E-state index contributed by atoms with van der Waals surface area (Å²) in [6, 6.07) is 17.5. The maximum Gasteiger partial charge on any atom is 0.410 e. The Kier molecular flexibility index (Phi) is 8.86. The molecule has 1 amide bonds. The van der Waals surface area contributed by atoms with Crippen molar-refractivity contribution in [2.75, 3.05) is 68.1 Å². The maximum absolute atomic E-state index is 14.4. The number of fused-ring (bicyclic) bond motifs is 2. The van der Waals surface area contributed by atoms with Crippen LogP contribution < -0.4 is 14.7 Å². The van der Waals surface area contributed by atoms with E-state index in [9.17, 15) is 14.4 Å². The molecule has 0 spiro atoms. The van der Waals surface area contributed by atoms with Gasteiger partial charge < -0.3 is 29.2 Å². The molecule has 2 aromatic carbocycles. The Hall–Kier alpha value is -4.43. The van der Waals surface area contributed by atoms with Gasteiger partial charge in [-0.05, 0) is 63.0 Å². The van der Waals surface area contributed by atoms with E-state index in [0.29, 0.717) is 25.7 Å². The Morgan fingerprint density at radius 3 is 2.66 bits per heavy atom. The third-order valence-corrected chi connectivity index (χ3v) is 10.3. The van der Waals surface area contributed by atoms with E-state index in [2.05, 4.69) is 39.8 Å². The number of likely N-dealkylation sites (N-methyl/N-ethyl adjacent to an activating group) is 1. The van der Waals surface area contributed by atoms with E-state index in [1.54, 1.807) is 17.0 Å². The predicted octanol–water partition coefficient (Wildman–Crippen LogP) is 4.42. The van der Waals surface area contributed by atoms with E-state index in [1.165, 1.54) is 5.56 Å². The van der Waals surface area contributed by atoms with Crippen molar-refractivity contribution >= 4 is 23.5 Å². The summed E-state index contributed by atoms with van der Waals surface area (Å²) in [6.45, 7) is 4.38. The first-order chi connectivity index (χ1) is 22.9. The lowest BCUT2D eigenvalue weighted by molar-refractivity contribution is 0.0768. The van der Waals surface area contributed by atoms with Crippen molar-refractivity contribution in [2.24, 2.45) is 0 Å². The molecule has 2 saturated heterocycles. The summed E-state index contributed by atoms with van der Waals surface area (Å²) in [6.07, 6.45) is 4.37. The van der Waals surface area contributed by atoms with Crippen molar-refractivity contribution < 1.29 is 13.9 Å². The molecule has 4 aliphatic rings. The van der Waals surface area contributed by atoms with Gasteiger partial charge in [-0.1, -0.05) is 36.4 Å². The minimum atomic E-state index is -0.393. The van der Waals surface area contributed by atoms with Crippen LogP contribution in [0.25, 0.3) is 0 Å². The molecule has 2 fully saturated rings. The van der Waals surface area contributed by atoms with Crippen LogP contribution in [0.15, 0.2) is 48.5 Å². The fourth-order valence-electron chi connectivity index (χ4n) is 7.51. The standard InChI is InChI=1S/C36H43FN8O2/c1-41(2)30-22-43(23-30)35-39-32-20-28(44-16-6-9-26-10-11-27(37)19-33(26)44)12-13-31(32)34(40-35)42-17-18-45(29(21-42)14-15-38)36(46)47-24-25-7-4-3-5-8-25/h3-5,7-8,10-11,19,28-30H,6,9,12-14,16-18,20-24H2,1-2H3/t28-,29+/m1/s1. The fraction of sp³-hybridized carbons (Fsp3) is 0.500. The molecular weight excluding hydrogens is 595 g/mol. The third-order valence-electron chi connectivity index (χ3n) is 10.3. The van der Waals surface area contributed by atoms with Gasteiger partial charge in [0.15, 0.2) is 0 Å². The zero-order valence-electron chi connectivity index (χ0n) is 27.3. The summed E-state index contributed by atoms with van der Waals surface area (Å²) < 4.78 is 20.1. The number of aryl methyl sites for hydroxylation is 1. The highest BCUT2D eigenvalue weighted by molar-refractivity contribution is 5.69. The number of halogens is 1. The molecule has 7 rings (SSSR count). The molecule has 47 heavy (non-hydrogen) atoms. The Balaban J connectivity index is 1.14. The van der Waals surface area contributed by atoms with Gasteiger partial charge in [0, 0.05) is 69.0 Å². The van der Waals surface area contributed by atoms with Crippen LogP contribution in [0.5, 0.6) is 0 Å². The highest BCUT2D eigenvalue weighted by Crippen LogP contribution is 2.37. The van der Waals surface area contributed by atoms with Crippen LogP contribution in [0.1, 0.15) is 41.6 Å². The number of hydrogen-bond donors (Lipinski definition) is 0. The van der Waals surface area contributed by atoms with Crippen LogP contribution in [0, 0.1) is 17.1 Å². The molecule has 246 valence electrons. The maximum atomic E-state index is 14.4. The first kappa shape index (κ1) is 31.2. The predicted molar refractivity (Wildman–Crippen MR) is 179 cm³/mol. The monoisotopic (exact) mass is 638 g/mol. The second-order valence-electron chi connectivity index (χ2n) is 13.5. The smallest absolute Gasteiger partial charge is 0.410 e. The Labute approximate surface area is 276 Å². The number of ether oxygens (including phenoxy) is 1. The van der Waals surface area contributed by atoms with Gasteiger partial charge in [-0.25, -0.2) is 14.2 Å². The molecule has 0 radical (unpaired) electrons. The van der Waals surface area contributed by atoms with Crippen LogP contribution in [0.3, 0.4) is 0 Å². The average molecular weight is 639 g/mol. The van der Waals surface area contributed by atoms with Gasteiger partial charge in [0.1, 0.15) is 18.2 Å². The lowest BCUT2D eigenvalue weighted by Gasteiger charge is -2.45. The number of carbonyl (C=O) groups excluding carboxylic acids is 1. The van der Waals surface area contributed by atoms with Crippen LogP contribution in [0.2, 0.25) is 0 Å². The average Bonchev–Trinajstić information content (AvgIpc) is 3.06. The van der Waals surface area contributed by atoms with E-state index in [-0.39, 0.29) is 30.9 Å². The molecule has 3 aromatic rings. The van der Waals surface area contributed by atoms with Gasteiger partial charge in [0.05, 0.1) is 24.2 Å². The number of nitriles is 1. The van der Waals surface area contributed by atoms with Crippen LogP contribution in [-0.2, 0) is 30.6 Å². The van der Waals surface area contributed by atoms with Gasteiger partial charge in [-0.15, -0.1) is 0 Å². The number of aromatic nitrogens is 2. The molecular formula is C36H43FN8O2. The Bertz CT molecular complexity index is 1640. The van der Waals surface area contributed by atoms with Gasteiger partial charge in [0.2, 0.25) is 5.95 Å². The van der Waals surface area contributed by atoms with Crippen molar-refractivity contribution in [1.82, 2.24) is 19.8 Å². The number of rotatable bonds is 7. The van der Waals surface area contributed by atoms with E-state index in [1.807, 2.05) is 36.4 Å². The van der Waals surface area contributed by atoms with Crippen molar-refractivity contribution in [3.05, 3.63) is 76.7 Å². The second kappa shape index (κ2) is 13.4. The molecule has 11 heteroatoms. The number of benzene rings is 2. The minimum absolute atomic E-state index is 0.193. The molecule has 0 unspecified atom stereocenters. The van der Waals surface area contributed by atoms with Crippen LogP contribution in [-0.4, -0.2) is 97.4 Å². The molecule has 3 aliphatic heterocycles. The lowest BCUT2D eigenvalue weighted by atomic mass is 9.88. The largest absolute Gasteiger partial charge is 0.445 e. The highest BCUT2D eigenvalue weighted by Gasteiger charge is 2.38. The van der Waals surface area contributed by atoms with Crippen molar-refractivity contribution in [3.8, 4) is 6.07 Å². The van der Waals surface area contributed by atoms with Gasteiger partial charge in [-0.2, -0.15) is 10.2 Å². The molecule has 1 aromatic heterocycles. The zero-order valence-corrected chi connectivity index (χ0v) is 27.3. The number of amides is 1. The van der Waals surface area contributed by atoms with Gasteiger partial charge >= 0.3 is 6.09 Å². The number of anilines is 3. The van der Waals surface area contributed by atoms with E-state index < -0.39 is 6.09 Å². The number of nitrogens with zero attached hydrogens (tertiary/aromatic N) is 8. The van der Waals surface area contributed by atoms with E-state index in [4.69, 9.17) is 14.7 Å². The zero-order chi connectivity index (χ0) is 32.5. The van der Waals surface area contributed by atoms with Crippen molar-refractivity contribution in [1.29, 1.82) is 5.26 Å². The summed E-state index contributed by atoms with van der Waals surface area (Å²) >= 11 is 0. The minimum Gasteiger partial charge on any atom is -0.445 e. The highest BCUT2D eigenvalue weighted by atomic mass is 19.1. The summed E-state index contributed by atoms with van der Waals surface area (Å²) in [5, 5.41) is 9.73. The molecule has 4 heterocycles. The molecule has 0 saturated carbocycles. The first-order valence-electron chi connectivity index (χ1n) is 16.8. The quantitative estimate of drug-likeness (QED) is 0.373. The van der Waals surface area contributed by atoms with E-state index >= 15 is 0 Å². The second-order valence-corrected chi connectivity index (χ2v) is 13.5. The number of hydrogen-bond acceptors (Lipinski definition) is 9. The SMILES string of the molecule is CN(C)C1CN(c2nc3c(c(N4CCN(C(=O)OCc5ccccc5)[C@@H](CC#N)C4)n2)CC[C@@H](N2CCCc4ccc(F)cc42)C3)C1. The fourth-order valence-corrected chi connectivity index (χ4v) is 7.51. The number of piperazine rings is 1. The Morgan fingerprint density at radius 2 is 1.87 bits per heavy atom. The third kappa shape index (κ3) is 6.44. The summed E-state index contributed by atoms with van der Waals surface area (Å²) in [5.41, 5.74) is 5.37. The van der Waals surface area contributed by atoms with Crippen molar-refractivity contribution in [3.63, 3.8) is 0 Å². The summed E-state index contributed by atoms with van der Waals surface area (Å²) in [5.74, 6) is 1.47. The molecule has 2 atom stereocenters. The first-order valence-corrected chi connectivity index (χ1v) is 16.8. The van der Waals surface area contributed by atoms with Gasteiger partial charge in [0.25, 0.3) is 0 Å². The van der Waals surface area contributed by atoms with Crippen LogP contribution >= 0.6 is 0 Å². The lowest BCUT2D eigenvalue weighted by Crippen LogP contribution is -2.58. The number of carbonyl (C=O) groups is 1. The Morgan fingerprint density at radius 1 is 1.04 bits per heavy atom.